The second-order valence-electron chi connectivity index (χ2n) is 2.49. The van der Waals surface area contributed by atoms with Crippen LogP contribution in [0.3, 0.4) is 0 Å². The molecule has 0 spiro atoms. The fraction of sp³-hybridized carbons (Fsp3) is 0.625. The lowest BCUT2D eigenvalue weighted by Gasteiger charge is -2.05. The third kappa shape index (κ3) is 2.21. The maximum atomic E-state index is 11.1. The number of carbonyl (C=O) groups is 1. The van der Waals surface area contributed by atoms with Crippen LogP contribution in [0.15, 0.2) is 11.8 Å². The van der Waals surface area contributed by atoms with E-state index in [1.54, 1.807) is 6.92 Å². The fourth-order valence-electron chi connectivity index (χ4n) is 0.638. The van der Waals surface area contributed by atoms with Crippen LogP contribution in [-0.4, -0.2) is 10.9 Å². The second kappa shape index (κ2) is 4.09. The Hall–Kier alpha value is -0.790. The Morgan fingerprint density at radius 3 is 2.50 bits per heavy atom. The van der Waals surface area contributed by atoms with Gasteiger partial charge in [0.1, 0.15) is 0 Å². The Labute approximate surface area is 61.6 Å². The lowest BCUT2D eigenvalue weighted by molar-refractivity contribution is -0.118. The predicted octanol–water partition coefficient (Wildman–Crippen LogP) is 2.06. The number of hydrogen-bond acceptors (Lipinski definition) is 2. The molecule has 2 nitrogen and oxygen atoms in total. The van der Waals surface area contributed by atoms with Gasteiger partial charge in [0.25, 0.3) is 0 Å². The molecule has 0 aliphatic rings. The van der Waals surface area contributed by atoms with Crippen LogP contribution in [-0.2, 0) is 4.79 Å². The summed E-state index contributed by atoms with van der Waals surface area (Å²) in [4.78, 5) is 11.1. The van der Waals surface area contributed by atoms with Crippen molar-refractivity contribution in [3.8, 4) is 0 Å². The van der Waals surface area contributed by atoms with Crippen LogP contribution >= 0.6 is 0 Å². The van der Waals surface area contributed by atoms with Crippen molar-refractivity contribution in [3.63, 3.8) is 0 Å². The Bertz CT molecular complexity index is 147. The van der Waals surface area contributed by atoms with Crippen LogP contribution < -0.4 is 0 Å². The molecule has 0 aromatic rings. The molecule has 1 unspecified atom stereocenters. The molecule has 0 aromatic carbocycles. The van der Waals surface area contributed by atoms with Gasteiger partial charge < -0.3 is 5.11 Å². The van der Waals surface area contributed by atoms with Gasteiger partial charge in [-0.3, -0.25) is 4.79 Å². The maximum Gasteiger partial charge on any atom is 0.164 e. The molecule has 0 aromatic heterocycles. The summed E-state index contributed by atoms with van der Waals surface area (Å²) in [7, 11) is 0. The Kier molecular flexibility index (Phi) is 3.77. The van der Waals surface area contributed by atoms with Crippen molar-refractivity contribution in [2.45, 2.75) is 27.2 Å². The van der Waals surface area contributed by atoms with Crippen LogP contribution in [0.5, 0.6) is 0 Å². The van der Waals surface area contributed by atoms with Crippen molar-refractivity contribution < 1.29 is 9.90 Å². The highest BCUT2D eigenvalue weighted by molar-refractivity contribution is 5.95. The lowest BCUT2D eigenvalue weighted by atomic mass is 9.99. The van der Waals surface area contributed by atoms with Crippen LogP contribution in [0, 0.1) is 5.92 Å². The molecule has 0 aliphatic heterocycles. The van der Waals surface area contributed by atoms with Gasteiger partial charge in [0.05, 0.1) is 6.26 Å². The van der Waals surface area contributed by atoms with Crippen LogP contribution in [0.4, 0.5) is 0 Å². The Morgan fingerprint density at radius 2 is 2.20 bits per heavy atom. The molecule has 1 N–H and O–H groups in total. The molecule has 0 fully saturated rings. The van der Waals surface area contributed by atoms with Gasteiger partial charge in [0.2, 0.25) is 0 Å². The maximum absolute atomic E-state index is 11.1. The molecule has 0 heterocycles. The summed E-state index contributed by atoms with van der Waals surface area (Å²) in [6, 6.07) is 0. The second-order valence-corrected chi connectivity index (χ2v) is 2.49. The van der Waals surface area contributed by atoms with Crippen molar-refractivity contribution in [2.75, 3.05) is 0 Å². The van der Waals surface area contributed by atoms with E-state index in [-0.39, 0.29) is 11.7 Å². The minimum Gasteiger partial charge on any atom is -0.515 e. The van der Waals surface area contributed by atoms with Gasteiger partial charge in [0, 0.05) is 11.5 Å². The molecule has 0 aliphatic carbocycles. The van der Waals surface area contributed by atoms with Crippen LogP contribution in [0.1, 0.15) is 27.2 Å². The summed E-state index contributed by atoms with van der Waals surface area (Å²) in [6.07, 6.45) is 1.69. The number of carbonyl (C=O) groups excluding carboxylic acids is 1. The van der Waals surface area contributed by atoms with Gasteiger partial charge in [-0.2, -0.15) is 0 Å². The fourth-order valence-corrected chi connectivity index (χ4v) is 0.638. The number of rotatable bonds is 3. The number of aliphatic hydroxyl groups excluding tert-OH is 1. The standard InChI is InChI=1S/C8H14O2/c1-4-6(2)8(10)7(3)5-9/h5-6,9H,4H2,1-3H3/b7-5-. The number of hydrogen-bond donors (Lipinski definition) is 1. The van der Waals surface area contributed by atoms with Crippen molar-refractivity contribution in [2.24, 2.45) is 5.92 Å². The van der Waals surface area contributed by atoms with Gasteiger partial charge in [0.15, 0.2) is 5.78 Å². The first-order valence-corrected chi connectivity index (χ1v) is 3.48. The number of ketones is 1. The molecular formula is C8H14O2. The summed E-state index contributed by atoms with van der Waals surface area (Å²) >= 11 is 0. The molecule has 0 saturated heterocycles. The molecule has 0 bridgehead atoms. The summed E-state index contributed by atoms with van der Waals surface area (Å²) in [5, 5.41) is 8.47. The van der Waals surface area contributed by atoms with Crippen LogP contribution in [0.2, 0.25) is 0 Å². The SMILES string of the molecule is CCC(C)C(=O)/C(C)=C\O. The van der Waals surface area contributed by atoms with Gasteiger partial charge in [-0.1, -0.05) is 13.8 Å². The number of allylic oxidation sites excluding steroid dienone is 1. The van der Waals surface area contributed by atoms with Crippen molar-refractivity contribution in [1.82, 2.24) is 0 Å². The summed E-state index contributed by atoms with van der Waals surface area (Å²) in [6.45, 7) is 5.43. The predicted molar refractivity (Wildman–Crippen MR) is 40.8 cm³/mol. The third-order valence-corrected chi connectivity index (χ3v) is 1.64. The topological polar surface area (TPSA) is 37.3 Å². The average Bonchev–Trinajstić information content (AvgIpc) is 2.00. The van der Waals surface area contributed by atoms with Gasteiger partial charge in [-0.15, -0.1) is 0 Å². The zero-order valence-corrected chi connectivity index (χ0v) is 6.72. The molecule has 0 rings (SSSR count). The summed E-state index contributed by atoms with van der Waals surface area (Å²) < 4.78 is 0. The van der Waals surface area contributed by atoms with Crippen molar-refractivity contribution in [3.05, 3.63) is 11.8 Å². The first-order chi connectivity index (χ1) is 4.63. The highest BCUT2D eigenvalue weighted by atomic mass is 16.2. The van der Waals surface area contributed by atoms with E-state index in [0.717, 1.165) is 12.7 Å². The van der Waals surface area contributed by atoms with E-state index in [2.05, 4.69) is 0 Å². The zero-order chi connectivity index (χ0) is 8.15. The normalized spacial score (nSPS) is 14.9. The minimum absolute atomic E-state index is 0.0309. The Balaban J connectivity index is 4.08. The van der Waals surface area contributed by atoms with Gasteiger partial charge in [-0.05, 0) is 13.3 Å². The quantitative estimate of drug-likeness (QED) is 0.483. The summed E-state index contributed by atoms with van der Waals surface area (Å²) in [5.74, 6) is 0.0633. The molecular weight excluding hydrogens is 128 g/mol. The monoisotopic (exact) mass is 142 g/mol. The first kappa shape index (κ1) is 9.21. The highest BCUT2D eigenvalue weighted by Gasteiger charge is 2.11. The highest BCUT2D eigenvalue weighted by Crippen LogP contribution is 2.08. The molecule has 58 valence electrons. The number of aliphatic hydroxyl groups is 1. The van der Waals surface area contributed by atoms with Crippen molar-refractivity contribution in [1.29, 1.82) is 0 Å². The molecule has 10 heavy (non-hydrogen) atoms. The third-order valence-electron chi connectivity index (χ3n) is 1.64. The molecule has 0 amide bonds. The molecule has 0 radical (unpaired) electrons. The van der Waals surface area contributed by atoms with Gasteiger partial charge in [-0.25, -0.2) is 0 Å². The first-order valence-electron chi connectivity index (χ1n) is 3.48. The molecule has 0 saturated carbocycles. The van der Waals surface area contributed by atoms with E-state index >= 15 is 0 Å². The minimum atomic E-state index is 0.0309. The molecule has 1 atom stereocenters. The lowest BCUT2D eigenvalue weighted by Crippen LogP contribution is -2.10. The van der Waals surface area contributed by atoms with E-state index in [0.29, 0.717) is 5.57 Å². The number of Topliss-reactive ketones (excluding diaryl/α,β-unsaturated/α-hetero) is 1. The van der Waals surface area contributed by atoms with E-state index in [1.165, 1.54) is 0 Å². The van der Waals surface area contributed by atoms with Gasteiger partial charge >= 0.3 is 0 Å². The average molecular weight is 142 g/mol. The molecule has 2 heteroatoms. The van der Waals surface area contributed by atoms with E-state index in [9.17, 15) is 4.79 Å². The van der Waals surface area contributed by atoms with E-state index in [1.807, 2.05) is 13.8 Å². The van der Waals surface area contributed by atoms with E-state index in [4.69, 9.17) is 5.11 Å². The zero-order valence-electron chi connectivity index (χ0n) is 6.72. The van der Waals surface area contributed by atoms with E-state index < -0.39 is 0 Å². The smallest absolute Gasteiger partial charge is 0.164 e. The summed E-state index contributed by atoms with van der Waals surface area (Å²) in [5.41, 5.74) is 0.439. The largest absolute Gasteiger partial charge is 0.515 e. The van der Waals surface area contributed by atoms with Crippen molar-refractivity contribution >= 4 is 5.78 Å². The Morgan fingerprint density at radius 1 is 1.70 bits per heavy atom. The van der Waals surface area contributed by atoms with Crippen LogP contribution in [0.25, 0.3) is 0 Å².